The molecule has 0 spiro atoms. The Morgan fingerprint density at radius 3 is 2.78 bits per heavy atom. The summed E-state index contributed by atoms with van der Waals surface area (Å²) in [5, 5.41) is 3.74. The van der Waals surface area contributed by atoms with E-state index in [0.717, 1.165) is 5.75 Å². The summed E-state index contributed by atoms with van der Waals surface area (Å²) in [5.41, 5.74) is 0.574. The smallest absolute Gasteiger partial charge is 0.744 e. The van der Waals surface area contributed by atoms with Crippen LogP contribution in [0.15, 0.2) is 33.9 Å². The Balaban J connectivity index is 0.00000192. The Morgan fingerprint density at radius 1 is 1.35 bits per heavy atom. The number of hydrogen-bond acceptors (Lipinski definition) is 7. The molecule has 1 atom stereocenters. The van der Waals surface area contributed by atoms with Crippen LogP contribution in [0, 0.1) is 6.92 Å². The van der Waals surface area contributed by atoms with Gasteiger partial charge in [0.1, 0.15) is 29.1 Å². The first-order chi connectivity index (χ1) is 10.4. The molecule has 0 saturated carbocycles. The van der Waals surface area contributed by atoms with Crippen molar-refractivity contribution in [3.8, 4) is 17.2 Å². The molecule has 1 aromatic heterocycles. The summed E-state index contributed by atoms with van der Waals surface area (Å²) in [5.74, 6) is 1.95. The van der Waals surface area contributed by atoms with Crippen molar-refractivity contribution in [2.24, 2.45) is 0 Å². The average molecular weight is 348 g/mol. The van der Waals surface area contributed by atoms with Gasteiger partial charge in [-0.1, -0.05) is 0 Å². The predicted molar refractivity (Wildman–Crippen MR) is 78.9 cm³/mol. The zero-order valence-corrected chi connectivity index (χ0v) is 14.3. The Labute approximate surface area is 150 Å². The van der Waals surface area contributed by atoms with E-state index in [1.54, 1.807) is 6.92 Å². The fourth-order valence-corrected chi connectivity index (χ4v) is 3.29. The van der Waals surface area contributed by atoms with E-state index in [1.165, 1.54) is 29.5 Å². The topological polar surface area (TPSA) is 84.9 Å². The van der Waals surface area contributed by atoms with E-state index in [1.807, 2.05) is 10.8 Å². The van der Waals surface area contributed by atoms with E-state index < -0.39 is 10.1 Å². The number of fused-ring (bicyclic) bond motifs is 1. The van der Waals surface area contributed by atoms with E-state index >= 15 is 0 Å². The van der Waals surface area contributed by atoms with Crippen LogP contribution in [0.2, 0.25) is 0 Å². The summed E-state index contributed by atoms with van der Waals surface area (Å²) < 4.78 is 49.8. The van der Waals surface area contributed by atoms with E-state index in [-0.39, 0.29) is 36.5 Å². The number of hydrogen-bond donors (Lipinski definition) is 0. The number of thiophene rings is 1. The van der Waals surface area contributed by atoms with Gasteiger partial charge in [-0.15, -0.1) is 11.3 Å². The first-order valence-corrected chi connectivity index (χ1v) is 8.83. The third-order valence-corrected chi connectivity index (χ3v) is 4.70. The minimum absolute atomic E-state index is 0. The number of aryl methyl sites for hydroxylation is 1. The molecule has 0 amide bonds. The summed E-state index contributed by atoms with van der Waals surface area (Å²) in [6, 6.07) is 4.01. The maximum atomic E-state index is 11.0. The minimum atomic E-state index is -4.45. The maximum absolute atomic E-state index is 11.0. The molecule has 0 N–H and O–H groups in total. The van der Waals surface area contributed by atoms with Crippen LogP contribution in [-0.4, -0.2) is 32.3 Å². The first-order valence-electron chi connectivity index (χ1n) is 6.48. The third-order valence-electron chi connectivity index (χ3n) is 3.17. The molecule has 1 aliphatic heterocycles. The monoisotopic (exact) mass is 348 g/mol. The molecule has 0 bridgehead atoms. The van der Waals surface area contributed by atoms with Gasteiger partial charge in [-0.05, 0) is 30.7 Å². The van der Waals surface area contributed by atoms with E-state index in [9.17, 15) is 13.0 Å². The van der Waals surface area contributed by atoms with Crippen molar-refractivity contribution < 1.29 is 46.0 Å². The first kappa shape index (κ1) is 18.2. The second-order valence-electron chi connectivity index (χ2n) is 4.84. The average Bonchev–Trinajstić information content (AvgIpc) is 2.92. The van der Waals surface area contributed by atoms with Gasteiger partial charge in [0, 0.05) is 10.8 Å². The van der Waals surface area contributed by atoms with Gasteiger partial charge in [0.2, 0.25) is 0 Å². The molecule has 2 heterocycles. The molecule has 1 aromatic carbocycles. The molecule has 0 fully saturated rings. The molecular weight excluding hydrogens is 335 g/mol. The van der Waals surface area contributed by atoms with Gasteiger partial charge in [0.25, 0.3) is 0 Å². The van der Waals surface area contributed by atoms with Crippen LogP contribution in [0.3, 0.4) is 0 Å². The van der Waals surface area contributed by atoms with Crippen LogP contribution >= 0.6 is 11.3 Å². The summed E-state index contributed by atoms with van der Waals surface area (Å²) >= 11 is 1.50. The van der Waals surface area contributed by atoms with Crippen molar-refractivity contribution >= 4 is 21.5 Å². The summed E-state index contributed by atoms with van der Waals surface area (Å²) in [4.78, 5) is -0.266. The van der Waals surface area contributed by atoms with Gasteiger partial charge in [-0.3, -0.25) is 0 Å². The van der Waals surface area contributed by atoms with Gasteiger partial charge in [-0.2, -0.15) is 0 Å². The molecule has 0 radical (unpaired) electrons. The molecule has 0 saturated heterocycles. The summed E-state index contributed by atoms with van der Waals surface area (Å²) in [6.45, 7) is 2.33. The Kier molecular flexibility index (Phi) is 5.65. The second kappa shape index (κ2) is 7.16. The normalized spacial score (nSPS) is 16.5. The van der Waals surface area contributed by atoms with Gasteiger partial charge in [0.05, 0.1) is 4.90 Å². The largest absolute Gasteiger partial charge is 1.00 e. The molecule has 1 unspecified atom stereocenters. The molecule has 6 nitrogen and oxygen atoms in total. The van der Waals surface area contributed by atoms with Gasteiger partial charge >= 0.3 is 18.9 Å². The van der Waals surface area contributed by atoms with Gasteiger partial charge in [-0.25, -0.2) is 8.42 Å². The molecule has 9 heteroatoms. The summed E-state index contributed by atoms with van der Waals surface area (Å²) in [7, 11) is -4.45. The molecule has 118 valence electrons. The van der Waals surface area contributed by atoms with E-state index in [2.05, 4.69) is 0 Å². The van der Waals surface area contributed by atoms with Crippen molar-refractivity contribution in [1.82, 2.24) is 0 Å². The van der Waals surface area contributed by atoms with Crippen LogP contribution in [0.25, 0.3) is 0 Å². The Bertz CT molecular complexity index is 786. The molecule has 3 rings (SSSR count). The zero-order chi connectivity index (χ0) is 15.7. The summed E-state index contributed by atoms with van der Waals surface area (Å²) in [6.07, 6.45) is -0.246. The number of ether oxygens (including phenoxy) is 3. The second-order valence-corrected chi connectivity index (χ2v) is 6.97. The quantitative estimate of drug-likeness (QED) is 0.530. The van der Waals surface area contributed by atoms with Gasteiger partial charge in [0.15, 0.2) is 17.6 Å². The van der Waals surface area contributed by atoms with Crippen molar-refractivity contribution in [2.75, 3.05) is 13.2 Å². The van der Waals surface area contributed by atoms with E-state index in [0.29, 0.717) is 23.7 Å². The number of benzene rings is 1. The molecule has 23 heavy (non-hydrogen) atoms. The predicted octanol–water partition coefficient (Wildman–Crippen LogP) is -0.817. The van der Waals surface area contributed by atoms with Crippen LogP contribution < -0.4 is 33.1 Å². The molecular formula is C14H13LiO6S2. The fourth-order valence-electron chi connectivity index (χ4n) is 2.07. The van der Waals surface area contributed by atoms with Crippen LogP contribution in [0.5, 0.6) is 17.2 Å². The Morgan fingerprint density at radius 2 is 2.09 bits per heavy atom. The maximum Gasteiger partial charge on any atom is 1.00 e. The molecule has 2 aromatic rings. The van der Waals surface area contributed by atoms with Crippen molar-refractivity contribution in [2.45, 2.75) is 17.9 Å². The van der Waals surface area contributed by atoms with Gasteiger partial charge < -0.3 is 18.8 Å². The van der Waals surface area contributed by atoms with Crippen LogP contribution in [0.4, 0.5) is 0 Å². The van der Waals surface area contributed by atoms with Crippen LogP contribution in [0.1, 0.15) is 5.56 Å². The Hall–Kier alpha value is -1.17. The molecule has 1 aliphatic rings. The van der Waals surface area contributed by atoms with E-state index in [4.69, 9.17) is 14.2 Å². The SMILES string of the molecule is Cc1cc(S(=O)(=O)[O-])ccc1OCC1COc2cscc2O1.[Li+]. The van der Waals surface area contributed by atoms with Crippen molar-refractivity contribution in [1.29, 1.82) is 0 Å². The number of rotatable bonds is 4. The fraction of sp³-hybridized carbons (Fsp3) is 0.286. The molecule has 0 aliphatic carbocycles. The third kappa shape index (κ3) is 4.22. The van der Waals surface area contributed by atoms with Crippen LogP contribution in [-0.2, 0) is 10.1 Å². The van der Waals surface area contributed by atoms with Crippen molar-refractivity contribution in [3.63, 3.8) is 0 Å². The van der Waals surface area contributed by atoms with Crippen molar-refractivity contribution in [3.05, 3.63) is 34.5 Å². The minimum Gasteiger partial charge on any atom is -0.744 e. The zero-order valence-electron chi connectivity index (χ0n) is 12.6. The standard InChI is InChI=1S/C14H14O6S2.Li/c1-9-4-11(22(15,16)17)2-3-12(9)18-5-10-6-19-13-7-21-8-14(13)20-10;/h2-4,7-8,10H,5-6H2,1H3,(H,15,16,17);/q;+1/p-1.